The van der Waals surface area contributed by atoms with Crippen LogP contribution in [0.5, 0.6) is 0 Å². The Labute approximate surface area is 109 Å². The van der Waals surface area contributed by atoms with E-state index in [1.54, 1.807) is 23.5 Å². The summed E-state index contributed by atoms with van der Waals surface area (Å²) in [5.74, 6) is -0.425. The fraction of sp³-hybridized carbons (Fsp3) is 0.231. The summed E-state index contributed by atoms with van der Waals surface area (Å²) in [6.07, 6.45) is 0. The van der Waals surface area contributed by atoms with Crippen LogP contribution in [0.25, 0.3) is 0 Å². The fourth-order valence-electron chi connectivity index (χ4n) is 1.83. The molecule has 0 aliphatic heterocycles. The van der Waals surface area contributed by atoms with Crippen molar-refractivity contribution < 1.29 is 4.39 Å². The van der Waals surface area contributed by atoms with Crippen LogP contribution in [0.3, 0.4) is 0 Å². The van der Waals surface area contributed by atoms with Gasteiger partial charge in [0.2, 0.25) is 0 Å². The molecule has 0 aliphatic carbocycles. The SMILES string of the molecule is Cc1cc(C)c(C(N)c2ccc(Cl)c(F)c2)s1. The van der Waals surface area contributed by atoms with Gasteiger partial charge in [0.15, 0.2) is 0 Å². The zero-order valence-corrected chi connectivity index (χ0v) is 11.2. The van der Waals surface area contributed by atoms with Gasteiger partial charge in [0.05, 0.1) is 11.1 Å². The monoisotopic (exact) mass is 269 g/mol. The van der Waals surface area contributed by atoms with E-state index in [0.29, 0.717) is 0 Å². The molecule has 1 unspecified atom stereocenters. The Morgan fingerprint density at radius 2 is 2.00 bits per heavy atom. The maximum atomic E-state index is 13.4. The summed E-state index contributed by atoms with van der Waals surface area (Å²) in [5, 5.41) is 0.125. The van der Waals surface area contributed by atoms with Gasteiger partial charge in [-0.1, -0.05) is 17.7 Å². The van der Waals surface area contributed by atoms with E-state index in [-0.39, 0.29) is 11.1 Å². The topological polar surface area (TPSA) is 26.0 Å². The van der Waals surface area contributed by atoms with Gasteiger partial charge in [0, 0.05) is 9.75 Å². The molecule has 1 aromatic heterocycles. The third kappa shape index (κ3) is 2.51. The first kappa shape index (κ1) is 12.6. The normalized spacial score (nSPS) is 12.8. The number of halogens is 2. The van der Waals surface area contributed by atoms with Crippen LogP contribution in [0, 0.1) is 19.7 Å². The fourth-order valence-corrected chi connectivity index (χ4v) is 3.01. The van der Waals surface area contributed by atoms with Crippen LogP contribution in [-0.2, 0) is 0 Å². The second-order valence-electron chi connectivity index (χ2n) is 4.06. The van der Waals surface area contributed by atoms with Gasteiger partial charge in [-0.15, -0.1) is 11.3 Å². The molecule has 0 fully saturated rings. The smallest absolute Gasteiger partial charge is 0.142 e. The number of nitrogens with two attached hydrogens (primary N) is 1. The molecular weight excluding hydrogens is 257 g/mol. The minimum Gasteiger partial charge on any atom is -0.320 e. The molecule has 2 aromatic rings. The van der Waals surface area contributed by atoms with Crippen molar-refractivity contribution in [1.29, 1.82) is 0 Å². The van der Waals surface area contributed by atoms with E-state index in [1.165, 1.54) is 10.9 Å². The van der Waals surface area contributed by atoms with Crippen LogP contribution in [0.2, 0.25) is 5.02 Å². The van der Waals surface area contributed by atoms with Gasteiger partial charge in [-0.3, -0.25) is 0 Å². The molecule has 0 saturated carbocycles. The minimum absolute atomic E-state index is 0.125. The van der Waals surface area contributed by atoms with Crippen molar-refractivity contribution in [3.8, 4) is 0 Å². The van der Waals surface area contributed by atoms with Crippen molar-refractivity contribution in [1.82, 2.24) is 0 Å². The third-order valence-electron chi connectivity index (χ3n) is 2.66. The Morgan fingerprint density at radius 3 is 2.53 bits per heavy atom. The quantitative estimate of drug-likeness (QED) is 0.869. The van der Waals surface area contributed by atoms with E-state index < -0.39 is 5.82 Å². The lowest BCUT2D eigenvalue weighted by molar-refractivity contribution is 0.624. The zero-order valence-electron chi connectivity index (χ0n) is 9.63. The molecule has 0 bridgehead atoms. The molecule has 0 aliphatic rings. The van der Waals surface area contributed by atoms with Crippen molar-refractivity contribution in [3.63, 3.8) is 0 Å². The van der Waals surface area contributed by atoms with E-state index >= 15 is 0 Å². The summed E-state index contributed by atoms with van der Waals surface area (Å²) in [5.41, 5.74) is 8.05. The number of hydrogen-bond donors (Lipinski definition) is 1. The second kappa shape index (κ2) is 4.77. The van der Waals surface area contributed by atoms with E-state index in [1.807, 2.05) is 13.8 Å². The maximum absolute atomic E-state index is 13.4. The highest BCUT2D eigenvalue weighted by Gasteiger charge is 2.15. The number of hydrogen-bond acceptors (Lipinski definition) is 2. The van der Waals surface area contributed by atoms with Gasteiger partial charge in [-0.25, -0.2) is 4.39 Å². The van der Waals surface area contributed by atoms with Crippen molar-refractivity contribution in [2.24, 2.45) is 5.73 Å². The Bertz CT molecular complexity index is 550. The van der Waals surface area contributed by atoms with Crippen LogP contribution in [-0.4, -0.2) is 0 Å². The summed E-state index contributed by atoms with van der Waals surface area (Å²) in [6, 6.07) is 6.51. The van der Waals surface area contributed by atoms with E-state index in [2.05, 4.69) is 6.07 Å². The number of benzene rings is 1. The standard InChI is InChI=1S/C13H13ClFNS/c1-7-5-8(2)17-13(7)12(16)9-3-4-10(14)11(15)6-9/h3-6,12H,16H2,1-2H3. The van der Waals surface area contributed by atoms with Gasteiger partial charge in [0.1, 0.15) is 5.82 Å². The number of aryl methyl sites for hydroxylation is 2. The van der Waals surface area contributed by atoms with E-state index in [9.17, 15) is 4.39 Å². The van der Waals surface area contributed by atoms with Crippen LogP contribution in [0.4, 0.5) is 4.39 Å². The van der Waals surface area contributed by atoms with Gasteiger partial charge >= 0.3 is 0 Å². The number of thiophene rings is 1. The lowest BCUT2D eigenvalue weighted by Crippen LogP contribution is -2.11. The van der Waals surface area contributed by atoms with Gasteiger partial charge < -0.3 is 5.73 Å². The van der Waals surface area contributed by atoms with Crippen molar-refractivity contribution in [2.45, 2.75) is 19.9 Å². The molecular formula is C13H13ClFNS. The molecule has 0 amide bonds. The molecule has 1 atom stereocenters. The second-order valence-corrected chi connectivity index (χ2v) is 5.75. The van der Waals surface area contributed by atoms with Gasteiger partial charge in [0.25, 0.3) is 0 Å². The molecule has 0 radical (unpaired) electrons. The predicted molar refractivity (Wildman–Crippen MR) is 71.2 cm³/mol. The lowest BCUT2D eigenvalue weighted by atomic mass is 10.0. The van der Waals surface area contributed by atoms with Gasteiger partial charge in [-0.05, 0) is 43.2 Å². The molecule has 90 valence electrons. The maximum Gasteiger partial charge on any atom is 0.142 e. The van der Waals surface area contributed by atoms with Crippen LogP contribution < -0.4 is 5.73 Å². The average molecular weight is 270 g/mol. The highest BCUT2D eigenvalue weighted by atomic mass is 35.5. The van der Waals surface area contributed by atoms with Crippen molar-refractivity contribution in [2.75, 3.05) is 0 Å². The minimum atomic E-state index is -0.425. The Morgan fingerprint density at radius 1 is 1.29 bits per heavy atom. The Kier molecular flexibility index (Phi) is 3.52. The van der Waals surface area contributed by atoms with Crippen molar-refractivity contribution in [3.05, 3.63) is 56.0 Å². The zero-order chi connectivity index (χ0) is 12.6. The molecule has 17 heavy (non-hydrogen) atoms. The molecule has 2 rings (SSSR count). The number of rotatable bonds is 2. The van der Waals surface area contributed by atoms with Crippen molar-refractivity contribution >= 4 is 22.9 Å². The highest BCUT2D eigenvalue weighted by Crippen LogP contribution is 2.31. The van der Waals surface area contributed by atoms with E-state index in [4.69, 9.17) is 17.3 Å². The summed E-state index contributed by atoms with van der Waals surface area (Å²) in [4.78, 5) is 2.28. The first-order valence-electron chi connectivity index (χ1n) is 5.26. The third-order valence-corrected chi connectivity index (χ3v) is 4.21. The molecule has 1 aromatic carbocycles. The highest BCUT2D eigenvalue weighted by molar-refractivity contribution is 7.12. The summed E-state index contributed by atoms with van der Waals surface area (Å²) in [7, 11) is 0. The van der Waals surface area contributed by atoms with Gasteiger partial charge in [-0.2, -0.15) is 0 Å². The van der Waals surface area contributed by atoms with Crippen LogP contribution in [0.15, 0.2) is 24.3 Å². The molecule has 4 heteroatoms. The van der Waals surface area contributed by atoms with Crippen LogP contribution in [0.1, 0.15) is 26.9 Å². The average Bonchev–Trinajstić information content (AvgIpc) is 2.61. The Hall–Kier alpha value is -0.900. The Balaban J connectivity index is 2.40. The molecule has 2 N–H and O–H groups in total. The first-order chi connectivity index (χ1) is 7.99. The van der Waals surface area contributed by atoms with Crippen LogP contribution >= 0.6 is 22.9 Å². The molecule has 1 heterocycles. The summed E-state index contributed by atoms with van der Waals surface area (Å²) in [6.45, 7) is 4.06. The molecule has 0 spiro atoms. The summed E-state index contributed by atoms with van der Waals surface area (Å²) >= 11 is 7.30. The predicted octanol–water partition coefficient (Wildman–Crippen LogP) is 4.21. The molecule has 0 saturated heterocycles. The first-order valence-corrected chi connectivity index (χ1v) is 6.46. The largest absolute Gasteiger partial charge is 0.320 e. The summed E-state index contributed by atoms with van der Waals surface area (Å²) < 4.78 is 13.4. The lowest BCUT2D eigenvalue weighted by Gasteiger charge is -2.12. The molecule has 1 nitrogen and oxygen atoms in total. The van der Waals surface area contributed by atoms with E-state index in [0.717, 1.165) is 16.0 Å².